The Morgan fingerprint density at radius 1 is 1.17 bits per heavy atom. The molecule has 0 bridgehead atoms. The van der Waals surface area contributed by atoms with Gasteiger partial charge in [-0.3, -0.25) is 0 Å². The largest absolute Gasteiger partial charge is 0.330 e. The average Bonchev–Trinajstić information content (AvgIpc) is 2.17. The zero-order valence-electron chi connectivity index (χ0n) is 7.46. The van der Waals surface area contributed by atoms with Crippen LogP contribution in [0.1, 0.15) is 24.0 Å². The molecule has 2 nitrogen and oxygen atoms in total. The summed E-state index contributed by atoms with van der Waals surface area (Å²) in [6, 6.07) is 8.31. The molecule has 1 aromatic carbocycles. The lowest BCUT2D eigenvalue weighted by atomic mass is 10.0. The summed E-state index contributed by atoms with van der Waals surface area (Å²) in [7, 11) is 0. The second-order valence-corrected chi connectivity index (χ2v) is 3.08. The van der Waals surface area contributed by atoms with Crippen LogP contribution in [0.2, 0.25) is 0 Å². The maximum atomic E-state index is 5.55. The highest BCUT2D eigenvalue weighted by molar-refractivity contribution is 5.24. The lowest BCUT2D eigenvalue weighted by Crippen LogP contribution is -2.08. The van der Waals surface area contributed by atoms with Crippen LogP contribution in [0.25, 0.3) is 0 Å². The highest BCUT2D eigenvalue weighted by Gasteiger charge is 2.01. The minimum atomic E-state index is 0.442. The SMILES string of the molecule is CC(CN)c1ccc(CN)cc1. The lowest BCUT2D eigenvalue weighted by Gasteiger charge is -2.08. The summed E-state index contributed by atoms with van der Waals surface area (Å²) in [6.45, 7) is 3.43. The summed E-state index contributed by atoms with van der Waals surface area (Å²) in [5, 5.41) is 0. The van der Waals surface area contributed by atoms with Crippen molar-refractivity contribution in [2.24, 2.45) is 11.5 Å². The Labute approximate surface area is 73.6 Å². The van der Waals surface area contributed by atoms with Gasteiger partial charge in [0.05, 0.1) is 0 Å². The van der Waals surface area contributed by atoms with E-state index in [2.05, 4.69) is 31.2 Å². The van der Waals surface area contributed by atoms with E-state index in [9.17, 15) is 0 Å². The lowest BCUT2D eigenvalue weighted by molar-refractivity contribution is 0.773. The molecule has 1 atom stereocenters. The number of rotatable bonds is 3. The van der Waals surface area contributed by atoms with Crippen LogP contribution in [0.5, 0.6) is 0 Å². The quantitative estimate of drug-likeness (QED) is 0.705. The van der Waals surface area contributed by atoms with Crippen LogP contribution in [-0.4, -0.2) is 6.54 Å². The summed E-state index contributed by atoms with van der Waals surface area (Å²) in [5.74, 6) is 0.442. The molecule has 0 amide bonds. The molecule has 0 fully saturated rings. The molecule has 1 aromatic rings. The second kappa shape index (κ2) is 4.24. The van der Waals surface area contributed by atoms with E-state index >= 15 is 0 Å². The predicted octanol–water partition coefficient (Wildman–Crippen LogP) is 1.21. The van der Waals surface area contributed by atoms with Crippen molar-refractivity contribution in [1.82, 2.24) is 0 Å². The molecule has 0 heterocycles. The summed E-state index contributed by atoms with van der Waals surface area (Å²) in [6.07, 6.45) is 0. The van der Waals surface area contributed by atoms with E-state index in [1.807, 2.05) is 0 Å². The predicted molar refractivity (Wildman–Crippen MR) is 51.8 cm³/mol. The van der Waals surface area contributed by atoms with Crippen molar-refractivity contribution < 1.29 is 0 Å². The third kappa shape index (κ3) is 2.06. The van der Waals surface area contributed by atoms with E-state index in [0.717, 1.165) is 0 Å². The number of hydrogen-bond acceptors (Lipinski definition) is 2. The fourth-order valence-electron chi connectivity index (χ4n) is 1.12. The fourth-order valence-corrected chi connectivity index (χ4v) is 1.12. The molecule has 0 saturated heterocycles. The zero-order valence-corrected chi connectivity index (χ0v) is 7.46. The summed E-state index contributed by atoms with van der Waals surface area (Å²) in [4.78, 5) is 0. The average molecular weight is 164 g/mol. The van der Waals surface area contributed by atoms with Crippen molar-refractivity contribution in [2.45, 2.75) is 19.4 Å². The van der Waals surface area contributed by atoms with Crippen LogP contribution in [0.3, 0.4) is 0 Å². The van der Waals surface area contributed by atoms with E-state index in [0.29, 0.717) is 19.0 Å². The zero-order chi connectivity index (χ0) is 8.97. The first-order valence-electron chi connectivity index (χ1n) is 4.27. The molecule has 12 heavy (non-hydrogen) atoms. The van der Waals surface area contributed by atoms with Gasteiger partial charge in [0, 0.05) is 6.54 Å². The monoisotopic (exact) mass is 164 g/mol. The number of hydrogen-bond donors (Lipinski definition) is 2. The second-order valence-electron chi connectivity index (χ2n) is 3.08. The van der Waals surface area contributed by atoms with Gasteiger partial charge in [-0.2, -0.15) is 0 Å². The van der Waals surface area contributed by atoms with Crippen molar-refractivity contribution in [3.05, 3.63) is 35.4 Å². The molecule has 66 valence electrons. The molecule has 0 aromatic heterocycles. The van der Waals surface area contributed by atoms with Gasteiger partial charge in [0.15, 0.2) is 0 Å². The molecule has 0 aliphatic carbocycles. The minimum Gasteiger partial charge on any atom is -0.330 e. The molecule has 1 unspecified atom stereocenters. The fraction of sp³-hybridized carbons (Fsp3) is 0.400. The first-order valence-corrected chi connectivity index (χ1v) is 4.27. The van der Waals surface area contributed by atoms with E-state index in [1.54, 1.807) is 0 Å². The molecule has 2 heteroatoms. The third-order valence-corrected chi connectivity index (χ3v) is 2.14. The van der Waals surface area contributed by atoms with Crippen molar-refractivity contribution in [3.8, 4) is 0 Å². The van der Waals surface area contributed by atoms with Gasteiger partial charge < -0.3 is 11.5 Å². The topological polar surface area (TPSA) is 52.0 Å². The van der Waals surface area contributed by atoms with E-state index in [4.69, 9.17) is 11.5 Å². The van der Waals surface area contributed by atoms with Crippen LogP contribution < -0.4 is 11.5 Å². The van der Waals surface area contributed by atoms with Crippen LogP contribution in [0, 0.1) is 0 Å². The molecule has 0 saturated carbocycles. The molecule has 0 spiro atoms. The van der Waals surface area contributed by atoms with Gasteiger partial charge in [0.1, 0.15) is 0 Å². The molecule has 1 rings (SSSR count). The smallest absolute Gasteiger partial charge is 0.0178 e. The molecule has 0 aliphatic rings. The van der Waals surface area contributed by atoms with Gasteiger partial charge in [-0.15, -0.1) is 0 Å². The Hall–Kier alpha value is -0.860. The van der Waals surface area contributed by atoms with Crippen LogP contribution in [0.4, 0.5) is 0 Å². The normalized spacial score (nSPS) is 12.9. The van der Waals surface area contributed by atoms with Crippen molar-refractivity contribution >= 4 is 0 Å². The first kappa shape index (κ1) is 9.23. The number of benzene rings is 1. The molecule has 0 radical (unpaired) electrons. The first-order chi connectivity index (χ1) is 5.77. The van der Waals surface area contributed by atoms with Crippen LogP contribution in [-0.2, 0) is 6.54 Å². The number of nitrogens with two attached hydrogens (primary N) is 2. The standard InChI is InChI=1S/C10H16N2/c1-8(6-11)10-4-2-9(7-12)3-5-10/h2-5,8H,6-7,11-12H2,1H3. The Bertz CT molecular complexity index is 228. The highest BCUT2D eigenvalue weighted by Crippen LogP contribution is 2.13. The Kier molecular flexibility index (Phi) is 3.26. The third-order valence-electron chi connectivity index (χ3n) is 2.14. The molecule has 4 N–H and O–H groups in total. The maximum Gasteiger partial charge on any atom is 0.0178 e. The highest BCUT2D eigenvalue weighted by atomic mass is 14.5. The Balaban J connectivity index is 2.77. The molecular formula is C10H16N2. The van der Waals surface area contributed by atoms with Gasteiger partial charge in [-0.25, -0.2) is 0 Å². The van der Waals surface area contributed by atoms with Crippen molar-refractivity contribution in [3.63, 3.8) is 0 Å². The molecule has 0 aliphatic heterocycles. The van der Waals surface area contributed by atoms with E-state index < -0.39 is 0 Å². The van der Waals surface area contributed by atoms with Gasteiger partial charge >= 0.3 is 0 Å². The van der Waals surface area contributed by atoms with Crippen LogP contribution in [0.15, 0.2) is 24.3 Å². The maximum absolute atomic E-state index is 5.55. The summed E-state index contributed by atoms with van der Waals surface area (Å²) in [5.41, 5.74) is 13.5. The molecular weight excluding hydrogens is 148 g/mol. The van der Waals surface area contributed by atoms with Gasteiger partial charge in [-0.1, -0.05) is 31.2 Å². The Morgan fingerprint density at radius 3 is 2.17 bits per heavy atom. The van der Waals surface area contributed by atoms with Gasteiger partial charge in [0.2, 0.25) is 0 Å². The minimum absolute atomic E-state index is 0.442. The van der Waals surface area contributed by atoms with E-state index in [-0.39, 0.29) is 0 Å². The summed E-state index contributed by atoms with van der Waals surface area (Å²) >= 11 is 0. The van der Waals surface area contributed by atoms with Crippen LogP contribution >= 0.6 is 0 Å². The van der Waals surface area contributed by atoms with Gasteiger partial charge in [0.25, 0.3) is 0 Å². The van der Waals surface area contributed by atoms with E-state index in [1.165, 1.54) is 11.1 Å². The summed E-state index contributed by atoms with van der Waals surface area (Å²) < 4.78 is 0. The van der Waals surface area contributed by atoms with Crippen molar-refractivity contribution in [2.75, 3.05) is 6.54 Å². The van der Waals surface area contributed by atoms with Gasteiger partial charge in [-0.05, 0) is 23.6 Å². The van der Waals surface area contributed by atoms with Crippen molar-refractivity contribution in [1.29, 1.82) is 0 Å². The Morgan fingerprint density at radius 2 is 1.75 bits per heavy atom.